The standard InChI is InChI=1S/C66H120O6/c1-4-7-10-13-16-19-22-24-25-26-27-28-29-30-31-32-33-34-35-36-37-38-39-40-41-42-45-47-50-53-56-59-65(68)71-62-63(61-70-64(67)58-55-52-49-46-43-21-18-15-12-9-6-3)72-66(69)60-57-54-51-48-44-23-20-17-14-11-8-5-2/h17,20,22,24,26-27,29-30,63H,4-16,18-19,21,23,25,28,31-62H2,1-3H3/b20-17-,24-22-,27-26-,30-29-. The first-order chi connectivity index (χ1) is 35.5. The summed E-state index contributed by atoms with van der Waals surface area (Å²) in [6, 6.07) is 0. The van der Waals surface area contributed by atoms with E-state index in [0.717, 1.165) is 77.0 Å². The van der Waals surface area contributed by atoms with Crippen molar-refractivity contribution in [3.05, 3.63) is 48.6 Å². The van der Waals surface area contributed by atoms with E-state index in [9.17, 15) is 14.4 Å². The van der Waals surface area contributed by atoms with E-state index in [-0.39, 0.29) is 31.1 Å². The smallest absolute Gasteiger partial charge is 0.306 e. The monoisotopic (exact) mass is 1010 g/mol. The van der Waals surface area contributed by atoms with Crippen molar-refractivity contribution in [3.8, 4) is 0 Å². The zero-order valence-electron chi connectivity index (χ0n) is 48.2. The molecule has 420 valence electrons. The van der Waals surface area contributed by atoms with Crippen molar-refractivity contribution in [3.63, 3.8) is 0 Å². The molecular weight excluding hydrogens is 889 g/mol. The molecule has 0 radical (unpaired) electrons. The molecular formula is C66H120O6. The molecule has 0 aromatic carbocycles. The Morgan fingerprint density at radius 2 is 0.500 bits per heavy atom. The highest BCUT2D eigenvalue weighted by Gasteiger charge is 2.19. The average molecular weight is 1010 g/mol. The van der Waals surface area contributed by atoms with E-state index in [0.29, 0.717) is 19.3 Å². The van der Waals surface area contributed by atoms with Crippen LogP contribution in [0.2, 0.25) is 0 Å². The number of hydrogen-bond donors (Lipinski definition) is 0. The normalized spacial score (nSPS) is 12.3. The topological polar surface area (TPSA) is 78.9 Å². The number of allylic oxidation sites excluding steroid dienone is 8. The summed E-state index contributed by atoms with van der Waals surface area (Å²) in [5.74, 6) is -0.866. The minimum absolute atomic E-state index is 0.0720. The van der Waals surface area contributed by atoms with Crippen LogP contribution < -0.4 is 0 Å². The lowest BCUT2D eigenvalue weighted by Gasteiger charge is -2.18. The number of unbranched alkanes of at least 4 members (excludes halogenated alkanes) is 39. The summed E-state index contributed by atoms with van der Waals surface area (Å²) in [6.45, 7) is 6.62. The van der Waals surface area contributed by atoms with Crippen LogP contribution in [0.1, 0.15) is 335 Å². The highest BCUT2D eigenvalue weighted by Crippen LogP contribution is 2.17. The second kappa shape index (κ2) is 60.9. The lowest BCUT2D eigenvalue weighted by molar-refractivity contribution is -0.167. The van der Waals surface area contributed by atoms with Crippen molar-refractivity contribution < 1.29 is 28.6 Å². The van der Waals surface area contributed by atoms with Gasteiger partial charge in [-0.1, -0.05) is 281 Å². The van der Waals surface area contributed by atoms with Crippen molar-refractivity contribution in [1.82, 2.24) is 0 Å². The van der Waals surface area contributed by atoms with Crippen LogP contribution >= 0.6 is 0 Å². The second-order valence-electron chi connectivity index (χ2n) is 21.3. The first-order valence-corrected chi connectivity index (χ1v) is 31.6. The van der Waals surface area contributed by atoms with Gasteiger partial charge in [0.15, 0.2) is 6.10 Å². The molecule has 0 N–H and O–H groups in total. The molecule has 0 spiro atoms. The number of carbonyl (C=O) groups is 3. The number of carbonyl (C=O) groups excluding carboxylic acids is 3. The van der Waals surface area contributed by atoms with Crippen molar-refractivity contribution >= 4 is 17.9 Å². The van der Waals surface area contributed by atoms with E-state index in [1.165, 1.54) is 218 Å². The molecule has 0 amide bonds. The van der Waals surface area contributed by atoms with Crippen molar-refractivity contribution in [2.75, 3.05) is 13.2 Å². The highest BCUT2D eigenvalue weighted by atomic mass is 16.6. The van der Waals surface area contributed by atoms with Gasteiger partial charge in [-0.3, -0.25) is 14.4 Å². The Hall–Kier alpha value is -2.63. The summed E-state index contributed by atoms with van der Waals surface area (Å²) >= 11 is 0. The van der Waals surface area contributed by atoms with E-state index in [1.807, 2.05) is 0 Å². The van der Waals surface area contributed by atoms with E-state index in [4.69, 9.17) is 14.2 Å². The van der Waals surface area contributed by atoms with Crippen LogP contribution in [0.15, 0.2) is 48.6 Å². The predicted molar refractivity (Wildman–Crippen MR) is 312 cm³/mol. The fraction of sp³-hybridized carbons (Fsp3) is 0.833. The fourth-order valence-corrected chi connectivity index (χ4v) is 9.27. The van der Waals surface area contributed by atoms with E-state index in [1.54, 1.807) is 0 Å². The van der Waals surface area contributed by atoms with Gasteiger partial charge in [-0.05, 0) is 83.5 Å². The Bertz CT molecular complexity index is 1250. The maximum atomic E-state index is 12.8. The van der Waals surface area contributed by atoms with Crippen LogP contribution in [0.25, 0.3) is 0 Å². The molecule has 0 saturated carbocycles. The van der Waals surface area contributed by atoms with E-state index in [2.05, 4.69) is 69.4 Å². The number of rotatable bonds is 58. The molecule has 0 aromatic rings. The Kier molecular flexibility index (Phi) is 58.7. The lowest BCUT2D eigenvalue weighted by Crippen LogP contribution is -2.30. The van der Waals surface area contributed by atoms with Gasteiger partial charge in [-0.2, -0.15) is 0 Å². The van der Waals surface area contributed by atoms with Gasteiger partial charge < -0.3 is 14.2 Å². The minimum atomic E-state index is -0.773. The molecule has 6 nitrogen and oxygen atoms in total. The molecule has 0 fully saturated rings. The molecule has 0 aromatic heterocycles. The molecule has 1 atom stereocenters. The maximum absolute atomic E-state index is 12.8. The summed E-state index contributed by atoms with van der Waals surface area (Å²) < 4.78 is 16.9. The molecule has 6 heteroatoms. The van der Waals surface area contributed by atoms with E-state index < -0.39 is 6.10 Å². The van der Waals surface area contributed by atoms with Gasteiger partial charge in [-0.15, -0.1) is 0 Å². The van der Waals surface area contributed by atoms with Crippen LogP contribution in [0, 0.1) is 0 Å². The molecule has 0 aliphatic carbocycles. The third kappa shape index (κ3) is 58.3. The molecule has 0 heterocycles. The molecule has 0 aliphatic heterocycles. The molecule has 0 aliphatic rings. The zero-order valence-corrected chi connectivity index (χ0v) is 48.2. The summed E-state index contributed by atoms with van der Waals surface area (Å²) in [5, 5.41) is 0. The van der Waals surface area contributed by atoms with Gasteiger partial charge in [-0.25, -0.2) is 0 Å². The van der Waals surface area contributed by atoms with Gasteiger partial charge in [0.25, 0.3) is 0 Å². The minimum Gasteiger partial charge on any atom is -0.462 e. The van der Waals surface area contributed by atoms with Gasteiger partial charge in [0.2, 0.25) is 0 Å². The molecule has 72 heavy (non-hydrogen) atoms. The zero-order chi connectivity index (χ0) is 52.2. The van der Waals surface area contributed by atoms with Gasteiger partial charge >= 0.3 is 17.9 Å². The Balaban J connectivity index is 4.08. The quantitative estimate of drug-likeness (QED) is 0.0261. The number of ether oxygens (including phenoxy) is 3. The average Bonchev–Trinajstić information content (AvgIpc) is 3.38. The van der Waals surface area contributed by atoms with Crippen molar-refractivity contribution in [2.45, 2.75) is 341 Å². The Morgan fingerprint density at radius 1 is 0.278 bits per heavy atom. The number of hydrogen-bond acceptors (Lipinski definition) is 6. The summed E-state index contributed by atoms with van der Waals surface area (Å²) in [6.07, 6.45) is 75.6. The number of esters is 3. The highest BCUT2D eigenvalue weighted by molar-refractivity contribution is 5.71. The van der Waals surface area contributed by atoms with Crippen molar-refractivity contribution in [2.24, 2.45) is 0 Å². The summed E-state index contributed by atoms with van der Waals surface area (Å²) in [5.41, 5.74) is 0. The fourth-order valence-electron chi connectivity index (χ4n) is 9.27. The SMILES string of the molecule is CCCCC/C=C\CCCCCCCC(=O)OC(COC(=O)CCCCCCCCCCCCC)COC(=O)CCCCCCCCCCCCCCCCCC/C=C\C/C=C\C/C=C\CCCCCCC. The lowest BCUT2D eigenvalue weighted by atomic mass is 10.0. The Morgan fingerprint density at radius 3 is 0.819 bits per heavy atom. The second-order valence-corrected chi connectivity index (χ2v) is 21.3. The van der Waals surface area contributed by atoms with Crippen LogP contribution in [0.5, 0.6) is 0 Å². The summed E-state index contributed by atoms with van der Waals surface area (Å²) in [4.78, 5) is 38.1. The summed E-state index contributed by atoms with van der Waals surface area (Å²) in [7, 11) is 0. The van der Waals surface area contributed by atoms with Crippen LogP contribution in [0.4, 0.5) is 0 Å². The maximum Gasteiger partial charge on any atom is 0.306 e. The van der Waals surface area contributed by atoms with Gasteiger partial charge in [0.1, 0.15) is 13.2 Å². The molecule has 0 saturated heterocycles. The third-order valence-corrected chi connectivity index (χ3v) is 14.1. The largest absolute Gasteiger partial charge is 0.462 e. The van der Waals surface area contributed by atoms with Crippen LogP contribution in [0.3, 0.4) is 0 Å². The first kappa shape index (κ1) is 69.4. The van der Waals surface area contributed by atoms with Gasteiger partial charge in [0.05, 0.1) is 0 Å². The predicted octanol–water partition coefficient (Wildman–Crippen LogP) is 21.4. The molecule has 1 unspecified atom stereocenters. The molecule has 0 rings (SSSR count). The van der Waals surface area contributed by atoms with Crippen LogP contribution in [-0.4, -0.2) is 37.2 Å². The van der Waals surface area contributed by atoms with E-state index >= 15 is 0 Å². The first-order valence-electron chi connectivity index (χ1n) is 31.6. The third-order valence-electron chi connectivity index (χ3n) is 14.1. The van der Waals surface area contributed by atoms with Gasteiger partial charge in [0, 0.05) is 19.3 Å². The van der Waals surface area contributed by atoms with Crippen LogP contribution in [-0.2, 0) is 28.6 Å². The molecule has 0 bridgehead atoms. The van der Waals surface area contributed by atoms with Crippen molar-refractivity contribution in [1.29, 1.82) is 0 Å². The Labute approximate surface area is 448 Å².